The molecule has 0 saturated heterocycles. The summed E-state index contributed by atoms with van der Waals surface area (Å²) in [6.45, 7) is 3.95. The predicted octanol–water partition coefficient (Wildman–Crippen LogP) is 1.05. The summed E-state index contributed by atoms with van der Waals surface area (Å²) in [5, 5.41) is 5.05. The molecule has 0 aliphatic carbocycles. The highest BCUT2D eigenvalue weighted by molar-refractivity contribution is 5.98. The Kier molecular flexibility index (Phi) is 4.21. The first-order valence-electron chi connectivity index (χ1n) is 4.76. The minimum Gasteiger partial charge on any atom is -0.418 e. The van der Waals surface area contributed by atoms with E-state index >= 15 is 0 Å². The summed E-state index contributed by atoms with van der Waals surface area (Å²) >= 11 is 0. The number of ether oxygens (including phenoxy) is 1. The van der Waals surface area contributed by atoms with E-state index in [0.717, 1.165) is 0 Å². The van der Waals surface area contributed by atoms with E-state index in [9.17, 15) is 14.4 Å². The Balaban J connectivity index is 3.06. The maximum atomic E-state index is 11.0. The van der Waals surface area contributed by atoms with E-state index in [2.05, 4.69) is 15.4 Å². The van der Waals surface area contributed by atoms with Gasteiger partial charge in [0.15, 0.2) is 0 Å². The van der Waals surface area contributed by atoms with Crippen LogP contribution in [0, 0.1) is 0 Å². The lowest BCUT2D eigenvalue weighted by atomic mass is 10.2. The van der Waals surface area contributed by atoms with Gasteiger partial charge < -0.3 is 15.4 Å². The standard InChI is InChI=1S/C11H11N2O4/c1-7(15)12-10-4-3-9(17-6-14)5-11(10)13-8(2)16/h3-5H,1-2H3,(H,12,15)(H,13,16). The molecule has 89 valence electrons. The van der Waals surface area contributed by atoms with Gasteiger partial charge in [-0.1, -0.05) is 0 Å². The molecule has 2 amide bonds. The van der Waals surface area contributed by atoms with Crippen molar-refractivity contribution in [3.63, 3.8) is 0 Å². The molecule has 1 rings (SSSR count). The maximum absolute atomic E-state index is 11.0. The van der Waals surface area contributed by atoms with Gasteiger partial charge in [0.1, 0.15) is 5.75 Å². The Morgan fingerprint density at radius 1 is 1.12 bits per heavy atom. The van der Waals surface area contributed by atoms with Crippen molar-refractivity contribution < 1.29 is 19.1 Å². The monoisotopic (exact) mass is 235 g/mol. The van der Waals surface area contributed by atoms with Crippen molar-refractivity contribution in [2.45, 2.75) is 13.8 Å². The van der Waals surface area contributed by atoms with Crippen molar-refractivity contribution in [3.05, 3.63) is 18.2 Å². The van der Waals surface area contributed by atoms with Crippen LogP contribution < -0.4 is 15.4 Å². The van der Waals surface area contributed by atoms with E-state index in [-0.39, 0.29) is 17.6 Å². The molecule has 0 spiro atoms. The van der Waals surface area contributed by atoms with Gasteiger partial charge in [-0.3, -0.25) is 9.59 Å². The third-order valence-electron chi connectivity index (χ3n) is 1.77. The van der Waals surface area contributed by atoms with Gasteiger partial charge in [-0.05, 0) is 12.1 Å². The van der Waals surface area contributed by atoms with E-state index in [1.165, 1.54) is 38.5 Å². The van der Waals surface area contributed by atoms with Gasteiger partial charge in [-0.25, -0.2) is 4.79 Å². The molecule has 0 saturated carbocycles. The molecule has 17 heavy (non-hydrogen) atoms. The Hall–Kier alpha value is -2.37. The second kappa shape index (κ2) is 5.64. The molecule has 0 unspecified atom stereocenters. The summed E-state index contributed by atoms with van der Waals surface area (Å²) < 4.78 is 4.52. The Morgan fingerprint density at radius 3 is 2.24 bits per heavy atom. The van der Waals surface area contributed by atoms with Crippen LogP contribution >= 0.6 is 0 Å². The third kappa shape index (κ3) is 3.94. The number of nitrogens with one attached hydrogen (secondary N) is 2. The van der Waals surface area contributed by atoms with Crippen molar-refractivity contribution in [2.24, 2.45) is 0 Å². The van der Waals surface area contributed by atoms with Crippen molar-refractivity contribution in [3.8, 4) is 5.75 Å². The summed E-state index contributed by atoms with van der Waals surface area (Å²) in [5.41, 5.74) is 0.770. The maximum Gasteiger partial charge on any atom is 0.423 e. The van der Waals surface area contributed by atoms with E-state index in [1.807, 2.05) is 0 Å². The number of anilines is 2. The zero-order chi connectivity index (χ0) is 12.8. The van der Waals surface area contributed by atoms with Crippen molar-refractivity contribution in [1.82, 2.24) is 0 Å². The molecule has 2 N–H and O–H groups in total. The number of hydrogen-bond acceptors (Lipinski definition) is 4. The van der Waals surface area contributed by atoms with Gasteiger partial charge in [0, 0.05) is 19.9 Å². The molecule has 6 nitrogen and oxygen atoms in total. The Labute approximate surface area is 98.0 Å². The summed E-state index contributed by atoms with van der Waals surface area (Å²) in [7, 11) is 0. The summed E-state index contributed by atoms with van der Waals surface area (Å²) in [5.74, 6) is -0.353. The first-order valence-corrected chi connectivity index (χ1v) is 4.76. The Bertz CT molecular complexity index is 457. The van der Waals surface area contributed by atoms with Crippen LogP contribution in [0.25, 0.3) is 0 Å². The third-order valence-corrected chi connectivity index (χ3v) is 1.77. The molecule has 0 bridgehead atoms. The molecule has 0 aromatic heterocycles. The number of hydrogen-bond donors (Lipinski definition) is 2. The van der Waals surface area contributed by atoms with Gasteiger partial charge in [0.05, 0.1) is 11.4 Å². The topological polar surface area (TPSA) is 84.5 Å². The van der Waals surface area contributed by atoms with Crippen LogP contribution in [0.1, 0.15) is 13.8 Å². The lowest BCUT2D eigenvalue weighted by Gasteiger charge is -2.11. The molecule has 0 atom stereocenters. The van der Waals surface area contributed by atoms with Gasteiger partial charge in [-0.2, -0.15) is 0 Å². The fraction of sp³-hybridized carbons (Fsp3) is 0.182. The van der Waals surface area contributed by atoms with Crippen LogP contribution in [0.15, 0.2) is 18.2 Å². The predicted molar refractivity (Wildman–Crippen MR) is 61.4 cm³/mol. The van der Waals surface area contributed by atoms with Crippen LogP contribution in [-0.2, 0) is 14.4 Å². The number of benzene rings is 1. The number of carbonyl (C=O) groups is 2. The molecule has 1 aromatic rings. The smallest absolute Gasteiger partial charge is 0.418 e. The number of amides is 2. The lowest BCUT2D eigenvalue weighted by molar-refractivity contribution is -0.115. The largest absolute Gasteiger partial charge is 0.423 e. The molecule has 0 aliphatic heterocycles. The number of carbonyl (C=O) groups excluding carboxylic acids is 3. The first-order chi connectivity index (χ1) is 8.02. The molecule has 6 heteroatoms. The first kappa shape index (κ1) is 12.7. The van der Waals surface area contributed by atoms with E-state index < -0.39 is 0 Å². The van der Waals surface area contributed by atoms with Crippen molar-refractivity contribution >= 4 is 29.7 Å². The SMILES string of the molecule is CC(=O)Nc1ccc(O[C]=O)cc1NC(C)=O. The zero-order valence-electron chi connectivity index (χ0n) is 9.37. The molecular formula is C11H11N2O4. The van der Waals surface area contributed by atoms with E-state index in [1.54, 1.807) is 0 Å². The molecule has 1 radical (unpaired) electrons. The quantitative estimate of drug-likeness (QED) is 0.816. The molecule has 0 fully saturated rings. The average molecular weight is 235 g/mol. The van der Waals surface area contributed by atoms with Crippen molar-refractivity contribution in [2.75, 3.05) is 10.6 Å². The second-order valence-electron chi connectivity index (χ2n) is 3.26. The fourth-order valence-corrected chi connectivity index (χ4v) is 1.23. The molecule has 0 aliphatic rings. The van der Waals surface area contributed by atoms with Gasteiger partial charge in [0.2, 0.25) is 11.8 Å². The van der Waals surface area contributed by atoms with E-state index in [0.29, 0.717) is 11.4 Å². The van der Waals surface area contributed by atoms with Gasteiger partial charge in [-0.15, -0.1) is 0 Å². The van der Waals surface area contributed by atoms with Crippen molar-refractivity contribution in [1.29, 1.82) is 0 Å². The second-order valence-corrected chi connectivity index (χ2v) is 3.26. The van der Waals surface area contributed by atoms with Crippen LogP contribution in [0.4, 0.5) is 11.4 Å². The highest BCUT2D eigenvalue weighted by Crippen LogP contribution is 2.27. The van der Waals surface area contributed by atoms with Crippen LogP contribution in [0.5, 0.6) is 5.75 Å². The lowest BCUT2D eigenvalue weighted by Crippen LogP contribution is -2.12. The normalized spacial score (nSPS) is 9.29. The minimum absolute atomic E-state index is 0.220. The van der Waals surface area contributed by atoms with Crippen LogP contribution in [0.3, 0.4) is 0 Å². The summed E-state index contributed by atoms with van der Waals surface area (Å²) in [4.78, 5) is 32.0. The summed E-state index contributed by atoms with van der Waals surface area (Å²) in [6.07, 6.45) is 0. The fourth-order valence-electron chi connectivity index (χ4n) is 1.23. The zero-order valence-corrected chi connectivity index (χ0v) is 9.37. The minimum atomic E-state index is -0.302. The highest BCUT2D eigenvalue weighted by Gasteiger charge is 2.07. The van der Waals surface area contributed by atoms with Crippen LogP contribution in [0.2, 0.25) is 0 Å². The van der Waals surface area contributed by atoms with E-state index in [4.69, 9.17) is 0 Å². The Morgan fingerprint density at radius 2 is 1.71 bits per heavy atom. The average Bonchev–Trinajstić information content (AvgIpc) is 2.21. The number of rotatable bonds is 4. The van der Waals surface area contributed by atoms with Gasteiger partial charge in [0.25, 0.3) is 0 Å². The highest BCUT2D eigenvalue weighted by atomic mass is 16.5. The molecular weight excluding hydrogens is 224 g/mol. The molecule has 1 aromatic carbocycles. The summed E-state index contributed by atoms with van der Waals surface area (Å²) in [6, 6.07) is 4.40. The molecule has 0 heterocycles. The van der Waals surface area contributed by atoms with Gasteiger partial charge >= 0.3 is 6.47 Å². The van der Waals surface area contributed by atoms with Crippen LogP contribution in [-0.4, -0.2) is 18.3 Å².